The van der Waals surface area contributed by atoms with Crippen molar-refractivity contribution in [2.45, 2.75) is 0 Å². The molecule has 116 valence electrons. The van der Waals surface area contributed by atoms with Crippen LogP contribution < -0.4 is 4.74 Å². The predicted octanol–water partition coefficient (Wildman–Crippen LogP) is 4.66. The average molecular weight is 315 g/mol. The fourth-order valence-electron chi connectivity index (χ4n) is 2.68. The maximum Gasteiger partial charge on any atom is 0.335 e. The normalized spacial score (nSPS) is 12.2. The van der Waals surface area contributed by atoms with Gasteiger partial charge in [0.1, 0.15) is 11.4 Å². The van der Waals surface area contributed by atoms with Crippen LogP contribution in [0.1, 0.15) is 21.5 Å². The minimum absolute atomic E-state index is 0.248. The summed E-state index contributed by atoms with van der Waals surface area (Å²) in [5, 5.41) is 9.07. The molecule has 0 saturated heterocycles. The van der Waals surface area contributed by atoms with E-state index in [2.05, 4.69) is 0 Å². The Hall–Kier alpha value is -3.40. The number of carboxylic acid groups (broad SMARTS) is 1. The van der Waals surface area contributed by atoms with Gasteiger partial charge in [0.25, 0.3) is 0 Å². The highest BCUT2D eigenvalue weighted by molar-refractivity contribution is 6.16. The Kier molecular flexibility index (Phi) is 3.35. The molecule has 24 heavy (non-hydrogen) atoms. The Morgan fingerprint density at radius 2 is 1.50 bits per heavy atom. The Morgan fingerprint density at radius 1 is 0.833 bits per heavy atom. The van der Waals surface area contributed by atoms with E-state index in [9.17, 15) is 4.79 Å². The van der Waals surface area contributed by atoms with Gasteiger partial charge in [-0.15, -0.1) is 0 Å². The number of aromatic carboxylic acids is 1. The van der Waals surface area contributed by atoms with Crippen molar-refractivity contribution >= 4 is 17.4 Å². The quantitative estimate of drug-likeness (QED) is 0.585. The lowest BCUT2D eigenvalue weighted by atomic mass is 10.00. The molecule has 0 aliphatic carbocycles. The summed E-state index contributed by atoms with van der Waals surface area (Å²) in [4.78, 5) is 15.8. The van der Waals surface area contributed by atoms with Crippen LogP contribution in [0, 0.1) is 0 Å². The van der Waals surface area contributed by atoms with E-state index in [0.717, 1.165) is 28.3 Å². The minimum atomic E-state index is -0.946. The third-order valence-corrected chi connectivity index (χ3v) is 3.86. The van der Waals surface area contributed by atoms with Crippen LogP contribution in [0.25, 0.3) is 0 Å². The third kappa shape index (κ3) is 2.44. The molecule has 4 heteroatoms. The van der Waals surface area contributed by atoms with E-state index in [1.807, 2.05) is 48.5 Å². The number of nitrogens with zero attached hydrogens (tertiary/aromatic N) is 1. The number of hydrogen-bond acceptors (Lipinski definition) is 3. The average Bonchev–Trinajstić information content (AvgIpc) is 2.78. The Labute approximate surface area is 138 Å². The van der Waals surface area contributed by atoms with E-state index in [1.165, 1.54) is 0 Å². The zero-order valence-corrected chi connectivity index (χ0v) is 12.6. The number of rotatable bonds is 2. The number of carboxylic acids is 1. The van der Waals surface area contributed by atoms with Crippen LogP contribution in [0.4, 0.5) is 5.69 Å². The summed E-state index contributed by atoms with van der Waals surface area (Å²) in [7, 11) is 0. The lowest BCUT2D eigenvalue weighted by Gasteiger charge is -2.09. The summed E-state index contributed by atoms with van der Waals surface area (Å²) in [6, 6.07) is 22.0. The maximum atomic E-state index is 11.1. The molecule has 0 amide bonds. The first kappa shape index (κ1) is 14.2. The van der Waals surface area contributed by atoms with Crippen molar-refractivity contribution in [1.82, 2.24) is 0 Å². The molecule has 0 atom stereocenters. The van der Waals surface area contributed by atoms with Gasteiger partial charge >= 0.3 is 5.97 Å². The van der Waals surface area contributed by atoms with Crippen molar-refractivity contribution in [3.8, 4) is 11.5 Å². The van der Waals surface area contributed by atoms with Gasteiger partial charge in [-0.25, -0.2) is 9.79 Å². The van der Waals surface area contributed by atoms with Gasteiger partial charge in [-0.05, 0) is 36.4 Å². The summed E-state index contributed by atoms with van der Waals surface area (Å²) >= 11 is 0. The monoisotopic (exact) mass is 315 g/mol. The van der Waals surface area contributed by atoms with Crippen molar-refractivity contribution < 1.29 is 14.6 Å². The fraction of sp³-hybridized carbons (Fsp3) is 0. The SMILES string of the molecule is O=C(O)c1ccc(C2=Nc3ccccc3Oc3ccccc32)cc1. The molecule has 4 nitrogen and oxygen atoms in total. The van der Waals surface area contributed by atoms with Crippen molar-refractivity contribution in [1.29, 1.82) is 0 Å². The first-order valence-electron chi connectivity index (χ1n) is 7.51. The summed E-state index contributed by atoms with van der Waals surface area (Å²) in [6.45, 7) is 0. The van der Waals surface area contributed by atoms with Crippen LogP contribution in [-0.2, 0) is 0 Å². The first-order chi connectivity index (χ1) is 11.7. The number of ether oxygens (including phenoxy) is 1. The summed E-state index contributed by atoms with van der Waals surface area (Å²) < 4.78 is 6.01. The largest absolute Gasteiger partial charge is 0.478 e. The standard InChI is InChI=1S/C20H13NO3/c22-20(23)14-11-9-13(10-12-14)19-15-5-1-3-7-17(15)24-18-8-4-2-6-16(18)21-19/h1-12H,(H,22,23). The molecule has 1 N–H and O–H groups in total. The van der Waals surface area contributed by atoms with Gasteiger partial charge < -0.3 is 9.84 Å². The second kappa shape index (κ2) is 5.66. The summed E-state index contributed by atoms with van der Waals surface area (Å²) in [6.07, 6.45) is 0. The first-order valence-corrected chi connectivity index (χ1v) is 7.51. The number of fused-ring (bicyclic) bond motifs is 2. The molecule has 1 heterocycles. The molecule has 0 radical (unpaired) electrons. The van der Waals surface area contributed by atoms with Gasteiger partial charge in [-0.2, -0.15) is 0 Å². The van der Waals surface area contributed by atoms with Gasteiger partial charge in [-0.1, -0.05) is 36.4 Å². The molecular weight excluding hydrogens is 302 g/mol. The molecule has 0 saturated carbocycles. The molecule has 4 rings (SSSR count). The zero-order chi connectivity index (χ0) is 16.5. The second-order valence-corrected chi connectivity index (χ2v) is 5.41. The number of para-hydroxylation sites is 3. The van der Waals surface area contributed by atoms with Gasteiger partial charge in [0, 0.05) is 11.1 Å². The van der Waals surface area contributed by atoms with E-state index in [-0.39, 0.29) is 5.56 Å². The van der Waals surface area contributed by atoms with Crippen molar-refractivity contribution in [2.24, 2.45) is 4.99 Å². The number of hydrogen-bond donors (Lipinski definition) is 1. The van der Waals surface area contributed by atoms with Crippen LogP contribution in [0.15, 0.2) is 77.8 Å². The Morgan fingerprint density at radius 3 is 2.25 bits per heavy atom. The molecule has 0 bridgehead atoms. The molecule has 0 fully saturated rings. The molecule has 0 unspecified atom stereocenters. The third-order valence-electron chi connectivity index (χ3n) is 3.86. The smallest absolute Gasteiger partial charge is 0.335 e. The van der Waals surface area contributed by atoms with E-state index in [0.29, 0.717) is 5.75 Å². The van der Waals surface area contributed by atoms with E-state index >= 15 is 0 Å². The van der Waals surface area contributed by atoms with E-state index in [4.69, 9.17) is 14.8 Å². The molecule has 3 aromatic rings. The summed E-state index contributed by atoms with van der Waals surface area (Å²) in [5.74, 6) is 0.476. The van der Waals surface area contributed by atoms with E-state index < -0.39 is 5.97 Å². The molecule has 0 spiro atoms. The molecule has 1 aliphatic rings. The van der Waals surface area contributed by atoms with Gasteiger partial charge in [0.2, 0.25) is 0 Å². The van der Waals surface area contributed by atoms with Crippen LogP contribution >= 0.6 is 0 Å². The molecular formula is C20H13NO3. The fourth-order valence-corrected chi connectivity index (χ4v) is 2.68. The highest BCUT2D eigenvalue weighted by Crippen LogP contribution is 2.38. The predicted molar refractivity (Wildman–Crippen MR) is 91.7 cm³/mol. The van der Waals surface area contributed by atoms with Crippen LogP contribution in [-0.4, -0.2) is 16.8 Å². The lowest BCUT2D eigenvalue weighted by molar-refractivity contribution is 0.0697. The van der Waals surface area contributed by atoms with Gasteiger partial charge in [0.05, 0.1) is 11.3 Å². The second-order valence-electron chi connectivity index (χ2n) is 5.41. The number of benzene rings is 3. The zero-order valence-electron chi connectivity index (χ0n) is 12.6. The number of carbonyl (C=O) groups is 1. The van der Waals surface area contributed by atoms with Crippen molar-refractivity contribution in [2.75, 3.05) is 0 Å². The van der Waals surface area contributed by atoms with Crippen LogP contribution in [0.5, 0.6) is 11.5 Å². The van der Waals surface area contributed by atoms with Crippen molar-refractivity contribution in [3.63, 3.8) is 0 Å². The topological polar surface area (TPSA) is 58.9 Å². The Balaban J connectivity index is 1.91. The van der Waals surface area contributed by atoms with Crippen molar-refractivity contribution in [3.05, 3.63) is 89.5 Å². The van der Waals surface area contributed by atoms with E-state index in [1.54, 1.807) is 24.3 Å². The highest BCUT2D eigenvalue weighted by Gasteiger charge is 2.19. The Bertz CT molecular complexity index is 959. The van der Waals surface area contributed by atoms with Crippen LogP contribution in [0.3, 0.4) is 0 Å². The summed E-state index contributed by atoms with van der Waals surface area (Å²) in [5.41, 5.74) is 3.46. The minimum Gasteiger partial charge on any atom is -0.478 e. The molecule has 0 aromatic heterocycles. The van der Waals surface area contributed by atoms with Gasteiger partial charge in [-0.3, -0.25) is 0 Å². The maximum absolute atomic E-state index is 11.1. The number of aliphatic imine (C=N–C) groups is 1. The molecule has 3 aromatic carbocycles. The molecule has 1 aliphatic heterocycles. The van der Waals surface area contributed by atoms with Crippen LogP contribution in [0.2, 0.25) is 0 Å². The lowest BCUT2D eigenvalue weighted by Crippen LogP contribution is -2.04. The van der Waals surface area contributed by atoms with Gasteiger partial charge in [0.15, 0.2) is 5.75 Å². The highest BCUT2D eigenvalue weighted by atomic mass is 16.5.